The summed E-state index contributed by atoms with van der Waals surface area (Å²) in [4.78, 5) is 13.1. The summed E-state index contributed by atoms with van der Waals surface area (Å²) in [5.74, 6) is -1.18. The fourth-order valence-corrected chi connectivity index (χ4v) is 3.75. The largest absolute Gasteiger partial charge is 0.508 e. The van der Waals surface area contributed by atoms with E-state index in [1.54, 1.807) is 0 Å². The van der Waals surface area contributed by atoms with E-state index in [4.69, 9.17) is 9.15 Å². The number of phenols is 3. The quantitative estimate of drug-likeness (QED) is 0.300. The van der Waals surface area contributed by atoms with Gasteiger partial charge in [0, 0.05) is 6.07 Å². The van der Waals surface area contributed by atoms with Crippen molar-refractivity contribution in [1.82, 2.24) is 0 Å². The zero-order chi connectivity index (χ0) is 22.4. The van der Waals surface area contributed by atoms with E-state index in [0.29, 0.717) is 5.56 Å². The molecule has 5 atom stereocenters. The van der Waals surface area contributed by atoms with Gasteiger partial charge in [0.25, 0.3) is 0 Å². The molecule has 1 saturated heterocycles. The van der Waals surface area contributed by atoms with Gasteiger partial charge in [0.15, 0.2) is 5.58 Å². The maximum absolute atomic E-state index is 13.1. The fraction of sp³-hybridized carbons (Fsp3) is 0.286. The maximum atomic E-state index is 13.1. The third-order valence-electron chi connectivity index (χ3n) is 5.40. The normalized spacial score (nSPS) is 26.3. The molecule has 0 spiro atoms. The summed E-state index contributed by atoms with van der Waals surface area (Å²) >= 11 is 0. The highest BCUT2D eigenvalue weighted by Gasteiger charge is 2.46. The van der Waals surface area contributed by atoms with Gasteiger partial charge in [-0.3, -0.25) is 4.79 Å². The Morgan fingerprint density at radius 3 is 2.23 bits per heavy atom. The molecule has 31 heavy (non-hydrogen) atoms. The number of aromatic hydroxyl groups is 3. The Bertz CT molecular complexity index is 1170. The average Bonchev–Trinajstić information content (AvgIpc) is 2.74. The second-order valence-corrected chi connectivity index (χ2v) is 7.31. The van der Waals surface area contributed by atoms with E-state index in [1.165, 1.54) is 24.3 Å². The minimum atomic E-state index is -1.74. The molecule has 10 heteroatoms. The van der Waals surface area contributed by atoms with Gasteiger partial charge in [0.2, 0.25) is 5.43 Å². The standard InChI is InChI=1S/C21H20O10/c22-6-13-17(27)18(28)19(29)21(31-13)15-12(25)5-11(24)14-16(26)10(7-30-20(14)15)8-1-3-9(23)4-2-8/h1-5,7,13,17-19,21-25,27-29H,6H2/t13-,17+,18-,19+,21-/m0/s1. The van der Waals surface area contributed by atoms with Crippen molar-refractivity contribution in [2.75, 3.05) is 6.61 Å². The van der Waals surface area contributed by atoms with Crippen molar-refractivity contribution in [1.29, 1.82) is 0 Å². The monoisotopic (exact) mass is 432 g/mol. The lowest BCUT2D eigenvalue weighted by Gasteiger charge is -2.40. The molecule has 0 aliphatic carbocycles. The van der Waals surface area contributed by atoms with E-state index in [0.717, 1.165) is 12.3 Å². The van der Waals surface area contributed by atoms with E-state index in [9.17, 15) is 40.5 Å². The number of rotatable bonds is 3. The minimum absolute atomic E-state index is 0.00778. The molecule has 0 radical (unpaired) electrons. The highest BCUT2D eigenvalue weighted by atomic mass is 16.5. The highest BCUT2D eigenvalue weighted by molar-refractivity contribution is 5.91. The molecule has 1 aliphatic heterocycles. The number of ether oxygens (including phenoxy) is 1. The van der Waals surface area contributed by atoms with Crippen molar-refractivity contribution in [3.8, 4) is 28.4 Å². The van der Waals surface area contributed by atoms with Gasteiger partial charge in [0.1, 0.15) is 59.4 Å². The zero-order valence-corrected chi connectivity index (χ0v) is 15.9. The number of fused-ring (bicyclic) bond motifs is 1. The Hall–Kier alpha value is -3.15. The lowest BCUT2D eigenvalue weighted by molar-refractivity contribution is -0.231. The van der Waals surface area contributed by atoms with Gasteiger partial charge in [-0.05, 0) is 17.7 Å². The smallest absolute Gasteiger partial charge is 0.204 e. The lowest BCUT2D eigenvalue weighted by atomic mass is 9.89. The first kappa shape index (κ1) is 21.1. The Balaban J connectivity index is 1.92. The third-order valence-corrected chi connectivity index (χ3v) is 5.40. The molecular weight excluding hydrogens is 412 g/mol. The van der Waals surface area contributed by atoms with Crippen molar-refractivity contribution >= 4 is 11.0 Å². The Morgan fingerprint density at radius 2 is 1.58 bits per heavy atom. The van der Waals surface area contributed by atoms with Crippen LogP contribution < -0.4 is 5.43 Å². The van der Waals surface area contributed by atoms with Crippen LogP contribution in [0.25, 0.3) is 22.1 Å². The van der Waals surface area contributed by atoms with Crippen LogP contribution in [0.5, 0.6) is 17.2 Å². The van der Waals surface area contributed by atoms with Crippen molar-refractivity contribution in [2.45, 2.75) is 30.5 Å². The van der Waals surface area contributed by atoms with Crippen molar-refractivity contribution < 1.29 is 44.9 Å². The first-order valence-corrected chi connectivity index (χ1v) is 9.34. The Kier molecular flexibility index (Phi) is 5.33. The molecule has 2 heterocycles. The molecule has 0 amide bonds. The molecule has 0 saturated carbocycles. The summed E-state index contributed by atoms with van der Waals surface area (Å²) in [5.41, 5.74) is -0.729. The Morgan fingerprint density at radius 1 is 0.903 bits per heavy atom. The summed E-state index contributed by atoms with van der Waals surface area (Å²) in [6.45, 7) is -0.687. The average molecular weight is 432 g/mol. The molecule has 164 valence electrons. The van der Waals surface area contributed by atoms with Crippen LogP contribution in [0.4, 0.5) is 0 Å². The molecule has 7 N–H and O–H groups in total. The lowest BCUT2D eigenvalue weighted by Crippen LogP contribution is -2.55. The summed E-state index contributed by atoms with van der Waals surface area (Å²) in [7, 11) is 0. The van der Waals surface area contributed by atoms with Crippen LogP contribution in [0, 0.1) is 0 Å². The summed E-state index contributed by atoms with van der Waals surface area (Å²) in [5, 5.41) is 69.8. The number of aliphatic hydroxyl groups excluding tert-OH is 4. The van der Waals surface area contributed by atoms with Crippen LogP contribution in [0.3, 0.4) is 0 Å². The van der Waals surface area contributed by atoms with Crippen LogP contribution in [0.2, 0.25) is 0 Å². The van der Waals surface area contributed by atoms with E-state index in [1.807, 2.05) is 0 Å². The number of hydrogen-bond acceptors (Lipinski definition) is 10. The van der Waals surface area contributed by atoms with Crippen molar-refractivity contribution in [3.63, 3.8) is 0 Å². The van der Waals surface area contributed by atoms with Crippen LogP contribution >= 0.6 is 0 Å². The minimum Gasteiger partial charge on any atom is -0.508 e. The van der Waals surface area contributed by atoms with Crippen LogP contribution in [-0.4, -0.2) is 66.8 Å². The molecule has 0 unspecified atom stereocenters. The number of benzene rings is 2. The molecule has 3 aromatic rings. The van der Waals surface area contributed by atoms with Gasteiger partial charge in [-0.1, -0.05) is 12.1 Å². The first-order chi connectivity index (χ1) is 14.7. The zero-order valence-electron chi connectivity index (χ0n) is 15.9. The maximum Gasteiger partial charge on any atom is 0.204 e. The molecule has 10 nitrogen and oxygen atoms in total. The van der Waals surface area contributed by atoms with Gasteiger partial charge in [-0.15, -0.1) is 0 Å². The molecular formula is C21H20O10. The first-order valence-electron chi connectivity index (χ1n) is 9.34. The van der Waals surface area contributed by atoms with E-state index < -0.39 is 54.1 Å². The number of hydrogen-bond donors (Lipinski definition) is 7. The van der Waals surface area contributed by atoms with Gasteiger partial charge >= 0.3 is 0 Å². The van der Waals surface area contributed by atoms with Gasteiger partial charge in [-0.25, -0.2) is 0 Å². The van der Waals surface area contributed by atoms with E-state index in [-0.39, 0.29) is 27.8 Å². The predicted octanol–water partition coefficient (Wildman–Crippen LogP) is 0.0917. The second-order valence-electron chi connectivity index (χ2n) is 7.31. The molecule has 1 aromatic heterocycles. The third kappa shape index (κ3) is 3.40. The molecule has 2 aromatic carbocycles. The topological polar surface area (TPSA) is 181 Å². The summed E-state index contributed by atoms with van der Waals surface area (Å²) in [6.07, 6.45) is -6.73. The van der Waals surface area contributed by atoms with E-state index >= 15 is 0 Å². The summed E-state index contributed by atoms with van der Waals surface area (Å²) < 4.78 is 11.0. The number of aliphatic hydroxyl groups is 4. The predicted molar refractivity (Wildman–Crippen MR) is 106 cm³/mol. The molecule has 1 aliphatic rings. The SMILES string of the molecule is O=c1c(-c2ccc(O)cc2)coc2c([C@@H]3O[C@@H](CO)[C@@H](O)[C@H](O)[C@H]3O)c(O)cc(O)c12. The summed E-state index contributed by atoms with van der Waals surface area (Å²) in [6, 6.07) is 6.56. The number of phenolic OH excluding ortho intramolecular Hbond substituents is 3. The molecule has 4 rings (SSSR count). The molecule has 0 bridgehead atoms. The van der Waals surface area contributed by atoms with Crippen LogP contribution in [0.15, 0.2) is 45.8 Å². The fourth-order valence-electron chi connectivity index (χ4n) is 3.75. The second kappa shape index (κ2) is 7.84. The van der Waals surface area contributed by atoms with Crippen LogP contribution in [0.1, 0.15) is 11.7 Å². The Labute approximate surface area is 174 Å². The van der Waals surface area contributed by atoms with Crippen LogP contribution in [-0.2, 0) is 4.74 Å². The van der Waals surface area contributed by atoms with E-state index in [2.05, 4.69) is 0 Å². The molecule has 1 fully saturated rings. The van der Waals surface area contributed by atoms with Gasteiger partial charge < -0.3 is 44.9 Å². The van der Waals surface area contributed by atoms with Crippen molar-refractivity contribution in [3.05, 3.63) is 52.4 Å². The van der Waals surface area contributed by atoms with Crippen molar-refractivity contribution in [2.24, 2.45) is 0 Å². The van der Waals surface area contributed by atoms with Gasteiger partial charge in [-0.2, -0.15) is 0 Å². The van der Waals surface area contributed by atoms with Gasteiger partial charge in [0.05, 0.1) is 17.7 Å². The highest BCUT2D eigenvalue weighted by Crippen LogP contribution is 2.43.